The average molecular weight is 332 g/mol. The van der Waals surface area contributed by atoms with Crippen LogP contribution in [0.2, 0.25) is 0 Å². The molecule has 3 rings (SSSR count). The Morgan fingerprint density at radius 1 is 1.04 bits per heavy atom. The molecular weight excluding hydrogens is 316 g/mol. The molecule has 1 aliphatic rings. The van der Waals surface area contributed by atoms with Crippen molar-refractivity contribution in [3.63, 3.8) is 0 Å². The Hall–Kier alpha value is -2.41. The molecule has 6 nitrogen and oxygen atoms in total. The fraction of sp³-hybridized carbons (Fsp3) is 0.250. The lowest BCUT2D eigenvalue weighted by molar-refractivity contribution is -0.385. The zero-order chi connectivity index (χ0) is 16.4. The largest absolute Gasteiger partial charge is 0.270 e. The molecule has 2 aromatic rings. The van der Waals surface area contributed by atoms with Crippen LogP contribution in [-0.4, -0.2) is 19.9 Å². The quantitative estimate of drug-likeness (QED) is 0.639. The van der Waals surface area contributed by atoms with Gasteiger partial charge in [-0.15, -0.1) is 0 Å². The van der Waals surface area contributed by atoms with Crippen LogP contribution in [0.25, 0.3) is 0 Å². The maximum Gasteiger partial charge on any atom is 0.270 e. The fourth-order valence-electron chi connectivity index (χ4n) is 2.79. The van der Waals surface area contributed by atoms with Crippen molar-refractivity contribution in [2.24, 2.45) is 0 Å². The van der Waals surface area contributed by atoms with E-state index in [-0.39, 0.29) is 10.6 Å². The predicted molar refractivity (Wildman–Crippen MR) is 87.0 cm³/mol. The van der Waals surface area contributed by atoms with Gasteiger partial charge in [0.25, 0.3) is 15.7 Å². The maximum absolute atomic E-state index is 13.0. The van der Waals surface area contributed by atoms with Crippen LogP contribution < -0.4 is 4.31 Å². The SMILES string of the molecule is O=[N+]([O-])c1cccc(S(=O)(=O)N2CCCCc3ccccc32)c1. The number of hydrogen-bond donors (Lipinski definition) is 0. The van der Waals surface area contributed by atoms with Gasteiger partial charge in [0.1, 0.15) is 0 Å². The predicted octanol–water partition coefficient (Wildman–Crippen LogP) is 3.13. The van der Waals surface area contributed by atoms with Crippen LogP contribution in [0.1, 0.15) is 18.4 Å². The van der Waals surface area contributed by atoms with Crippen LogP contribution in [0.3, 0.4) is 0 Å². The molecule has 0 amide bonds. The Morgan fingerprint density at radius 2 is 1.83 bits per heavy atom. The van der Waals surface area contributed by atoms with Gasteiger partial charge in [0, 0.05) is 18.7 Å². The topological polar surface area (TPSA) is 80.5 Å². The number of benzene rings is 2. The van der Waals surface area contributed by atoms with E-state index < -0.39 is 14.9 Å². The molecule has 0 atom stereocenters. The molecule has 0 saturated heterocycles. The van der Waals surface area contributed by atoms with Gasteiger partial charge in [-0.25, -0.2) is 8.42 Å². The van der Waals surface area contributed by atoms with E-state index in [0.29, 0.717) is 12.2 Å². The van der Waals surface area contributed by atoms with Gasteiger partial charge in [0.15, 0.2) is 0 Å². The number of rotatable bonds is 3. The van der Waals surface area contributed by atoms with Gasteiger partial charge < -0.3 is 0 Å². The number of anilines is 1. The molecule has 2 aromatic carbocycles. The van der Waals surface area contributed by atoms with E-state index in [2.05, 4.69) is 0 Å². The highest BCUT2D eigenvalue weighted by molar-refractivity contribution is 7.92. The van der Waals surface area contributed by atoms with Crippen LogP contribution in [0.15, 0.2) is 53.4 Å². The minimum Gasteiger partial charge on any atom is -0.266 e. The van der Waals surface area contributed by atoms with Crippen molar-refractivity contribution in [1.29, 1.82) is 0 Å². The normalized spacial score (nSPS) is 14.9. The lowest BCUT2D eigenvalue weighted by Gasteiger charge is -2.24. The monoisotopic (exact) mass is 332 g/mol. The Labute approximate surface area is 134 Å². The Balaban J connectivity index is 2.09. The van der Waals surface area contributed by atoms with E-state index >= 15 is 0 Å². The van der Waals surface area contributed by atoms with E-state index in [1.807, 2.05) is 12.1 Å². The van der Waals surface area contributed by atoms with Crippen molar-refractivity contribution < 1.29 is 13.3 Å². The summed E-state index contributed by atoms with van der Waals surface area (Å²) in [7, 11) is -3.83. The smallest absolute Gasteiger partial charge is 0.266 e. The van der Waals surface area contributed by atoms with Crippen LogP contribution in [0, 0.1) is 10.1 Å². The summed E-state index contributed by atoms with van der Waals surface area (Å²) in [5.41, 5.74) is 1.42. The zero-order valence-corrected chi connectivity index (χ0v) is 13.2. The lowest BCUT2D eigenvalue weighted by atomic mass is 10.1. The Kier molecular flexibility index (Phi) is 4.04. The van der Waals surface area contributed by atoms with E-state index in [4.69, 9.17) is 0 Å². The Bertz CT molecular complexity index is 849. The number of para-hydroxylation sites is 1. The second kappa shape index (κ2) is 6.00. The molecule has 0 N–H and O–H groups in total. The summed E-state index contributed by atoms with van der Waals surface area (Å²) < 4.78 is 27.3. The van der Waals surface area contributed by atoms with Gasteiger partial charge in [-0.3, -0.25) is 14.4 Å². The summed E-state index contributed by atoms with van der Waals surface area (Å²) in [4.78, 5) is 10.3. The summed E-state index contributed by atoms with van der Waals surface area (Å²) >= 11 is 0. The van der Waals surface area contributed by atoms with Crippen molar-refractivity contribution in [3.8, 4) is 0 Å². The van der Waals surface area contributed by atoms with Gasteiger partial charge in [-0.05, 0) is 37.0 Å². The highest BCUT2D eigenvalue weighted by Crippen LogP contribution is 2.31. The van der Waals surface area contributed by atoms with Crippen LogP contribution in [-0.2, 0) is 16.4 Å². The summed E-state index contributed by atoms with van der Waals surface area (Å²) in [6.07, 6.45) is 2.50. The van der Waals surface area contributed by atoms with Crippen molar-refractivity contribution in [3.05, 3.63) is 64.2 Å². The summed E-state index contributed by atoms with van der Waals surface area (Å²) in [6, 6.07) is 12.6. The van der Waals surface area contributed by atoms with Gasteiger partial charge in [-0.1, -0.05) is 24.3 Å². The van der Waals surface area contributed by atoms with Gasteiger partial charge in [0.2, 0.25) is 0 Å². The summed E-state index contributed by atoms with van der Waals surface area (Å²) in [6.45, 7) is 0.377. The first-order valence-electron chi connectivity index (χ1n) is 7.35. The third-order valence-corrected chi connectivity index (χ3v) is 5.74. The van der Waals surface area contributed by atoms with Crippen molar-refractivity contribution >= 4 is 21.4 Å². The van der Waals surface area contributed by atoms with E-state index in [1.54, 1.807) is 12.1 Å². The van der Waals surface area contributed by atoms with Crippen LogP contribution >= 0.6 is 0 Å². The molecule has 1 aliphatic heterocycles. The van der Waals surface area contributed by atoms with Gasteiger partial charge in [0.05, 0.1) is 15.5 Å². The van der Waals surface area contributed by atoms with E-state index in [9.17, 15) is 18.5 Å². The number of fused-ring (bicyclic) bond motifs is 1. The second-order valence-corrected chi connectivity index (χ2v) is 7.28. The maximum atomic E-state index is 13.0. The van der Waals surface area contributed by atoms with Crippen molar-refractivity contribution in [1.82, 2.24) is 0 Å². The molecule has 0 radical (unpaired) electrons. The van der Waals surface area contributed by atoms with Crippen LogP contribution in [0.4, 0.5) is 11.4 Å². The highest BCUT2D eigenvalue weighted by atomic mass is 32.2. The van der Waals surface area contributed by atoms with Crippen molar-refractivity contribution in [2.75, 3.05) is 10.8 Å². The number of non-ortho nitro benzene ring substituents is 1. The number of nitrogens with zero attached hydrogens (tertiary/aromatic N) is 2. The number of sulfonamides is 1. The van der Waals surface area contributed by atoms with Gasteiger partial charge in [-0.2, -0.15) is 0 Å². The minimum atomic E-state index is -3.83. The molecule has 0 fully saturated rings. The molecule has 7 heteroatoms. The molecule has 0 spiro atoms. The molecular formula is C16H16N2O4S. The van der Waals surface area contributed by atoms with Crippen molar-refractivity contribution in [2.45, 2.75) is 24.2 Å². The number of hydrogen-bond acceptors (Lipinski definition) is 4. The molecule has 0 aromatic heterocycles. The third-order valence-electron chi connectivity index (χ3n) is 3.93. The first kappa shape index (κ1) is 15.5. The zero-order valence-electron chi connectivity index (χ0n) is 12.4. The molecule has 1 heterocycles. The second-order valence-electron chi connectivity index (χ2n) is 5.42. The third kappa shape index (κ3) is 2.92. The summed E-state index contributed by atoms with van der Waals surface area (Å²) in [5.74, 6) is 0. The summed E-state index contributed by atoms with van der Waals surface area (Å²) in [5, 5.41) is 10.9. The van der Waals surface area contributed by atoms with E-state index in [0.717, 1.165) is 30.9 Å². The fourth-order valence-corrected chi connectivity index (χ4v) is 4.37. The van der Waals surface area contributed by atoms with Gasteiger partial charge >= 0.3 is 0 Å². The molecule has 0 saturated carbocycles. The highest BCUT2D eigenvalue weighted by Gasteiger charge is 2.28. The Morgan fingerprint density at radius 3 is 2.61 bits per heavy atom. The first-order valence-corrected chi connectivity index (χ1v) is 8.79. The average Bonchev–Trinajstić information content (AvgIpc) is 2.77. The molecule has 23 heavy (non-hydrogen) atoms. The number of nitro groups is 1. The minimum absolute atomic E-state index is 0.0524. The number of nitro benzene ring substituents is 1. The molecule has 0 unspecified atom stereocenters. The number of aryl methyl sites for hydroxylation is 1. The molecule has 120 valence electrons. The van der Waals surface area contributed by atoms with Crippen LogP contribution in [0.5, 0.6) is 0 Å². The first-order chi connectivity index (χ1) is 11.0. The molecule has 0 aliphatic carbocycles. The van der Waals surface area contributed by atoms with E-state index in [1.165, 1.54) is 22.5 Å². The molecule has 0 bridgehead atoms. The standard InChI is InChI=1S/C16H16N2O4S/c19-18(20)14-8-5-9-15(12-14)23(21,22)17-11-4-3-7-13-6-1-2-10-16(13)17/h1-2,5-6,8-10,12H,3-4,7,11H2. The lowest BCUT2D eigenvalue weighted by Crippen LogP contribution is -2.31.